The second-order valence-electron chi connectivity index (χ2n) is 11.3. The predicted octanol–water partition coefficient (Wildman–Crippen LogP) is 4.41. The second-order valence-corrected chi connectivity index (χ2v) is 11.3. The number of rotatable bonds is 13. The number of methoxy groups -OCH3 is 1. The van der Waals surface area contributed by atoms with Crippen LogP contribution in [0.4, 0.5) is 4.79 Å². The van der Waals surface area contributed by atoms with Gasteiger partial charge < -0.3 is 25.2 Å². The SMILES string of the molecule is COC(C)(C)CC(NC(=O)C(CN(C)Cc1ccccc1)NC(=O)OCC1c2ccccc2-c2ccccc21)C(=O)O. The van der Waals surface area contributed by atoms with Crippen molar-refractivity contribution in [3.8, 4) is 11.1 Å². The quantitative estimate of drug-likeness (QED) is 0.277. The van der Waals surface area contributed by atoms with Crippen LogP contribution in [0, 0.1) is 0 Å². The fourth-order valence-corrected chi connectivity index (χ4v) is 5.30. The predicted molar refractivity (Wildman–Crippen MR) is 160 cm³/mol. The van der Waals surface area contributed by atoms with E-state index in [0.717, 1.165) is 27.8 Å². The van der Waals surface area contributed by atoms with Crippen molar-refractivity contribution in [2.45, 2.75) is 50.4 Å². The van der Waals surface area contributed by atoms with Crippen molar-refractivity contribution in [2.75, 3.05) is 27.3 Å². The lowest BCUT2D eigenvalue weighted by Crippen LogP contribution is -2.56. The number of carboxylic acids is 1. The Hall–Kier alpha value is -4.21. The first-order valence-corrected chi connectivity index (χ1v) is 14.0. The largest absolute Gasteiger partial charge is 0.480 e. The number of hydrogen-bond acceptors (Lipinski definition) is 6. The smallest absolute Gasteiger partial charge is 0.407 e. The third-order valence-corrected chi connectivity index (χ3v) is 7.60. The fourth-order valence-electron chi connectivity index (χ4n) is 5.30. The molecule has 2 atom stereocenters. The standard InChI is InChI=1S/C33H39N3O6/c1-33(2,41-4)18-28(31(38)39)34-30(37)29(20-36(3)19-22-12-6-5-7-13-22)35-32(40)42-21-27-25-16-10-8-14-23(25)24-15-9-11-17-26(24)27/h5-17,27-29H,18-21H2,1-4H3,(H,34,37)(H,35,40)(H,38,39). The molecule has 2 amide bonds. The van der Waals surface area contributed by atoms with Crippen LogP contribution in [0.2, 0.25) is 0 Å². The lowest BCUT2D eigenvalue weighted by atomic mass is 9.98. The van der Waals surface area contributed by atoms with E-state index in [1.54, 1.807) is 13.8 Å². The molecule has 0 fully saturated rings. The van der Waals surface area contributed by atoms with Gasteiger partial charge in [-0.25, -0.2) is 9.59 Å². The molecule has 42 heavy (non-hydrogen) atoms. The zero-order chi connectivity index (χ0) is 30.3. The van der Waals surface area contributed by atoms with Crippen molar-refractivity contribution >= 4 is 18.0 Å². The van der Waals surface area contributed by atoms with Gasteiger partial charge in [0.15, 0.2) is 0 Å². The summed E-state index contributed by atoms with van der Waals surface area (Å²) in [5.41, 5.74) is 4.63. The molecule has 0 aromatic heterocycles. The van der Waals surface area contributed by atoms with Crippen molar-refractivity contribution in [3.63, 3.8) is 0 Å². The van der Waals surface area contributed by atoms with Crippen molar-refractivity contribution in [1.29, 1.82) is 0 Å². The van der Waals surface area contributed by atoms with E-state index >= 15 is 0 Å². The molecule has 0 saturated heterocycles. The van der Waals surface area contributed by atoms with Gasteiger partial charge in [-0.2, -0.15) is 0 Å². The van der Waals surface area contributed by atoms with Crippen molar-refractivity contribution in [2.24, 2.45) is 0 Å². The molecule has 4 rings (SSSR count). The van der Waals surface area contributed by atoms with Crippen molar-refractivity contribution in [1.82, 2.24) is 15.5 Å². The van der Waals surface area contributed by atoms with Gasteiger partial charge >= 0.3 is 12.1 Å². The molecule has 0 aliphatic heterocycles. The Bertz CT molecular complexity index is 1350. The first kappa shape index (κ1) is 30.7. The summed E-state index contributed by atoms with van der Waals surface area (Å²) in [6.45, 7) is 4.24. The van der Waals surface area contributed by atoms with Gasteiger partial charge in [-0.3, -0.25) is 9.69 Å². The lowest BCUT2D eigenvalue weighted by Gasteiger charge is -2.29. The second kappa shape index (κ2) is 13.6. The molecule has 222 valence electrons. The number of fused-ring (bicyclic) bond motifs is 3. The average molecular weight is 574 g/mol. The van der Waals surface area contributed by atoms with Crippen LogP contribution in [0.25, 0.3) is 11.1 Å². The number of carbonyl (C=O) groups excluding carboxylic acids is 2. The summed E-state index contributed by atoms with van der Waals surface area (Å²) in [6, 6.07) is 23.5. The Labute approximate surface area is 246 Å². The minimum absolute atomic E-state index is 0.0437. The van der Waals surface area contributed by atoms with E-state index in [4.69, 9.17) is 9.47 Å². The third-order valence-electron chi connectivity index (χ3n) is 7.60. The highest BCUT2D eigenvalue weighted by molar-refractivity contribution is 5.89. The molecule has 9 nitrogen and oxygen atoms in total. The van der Waals surface area contributed by atoms with Gasteiger partial charge in [0, 0.05) is 32.5 Å². The number of benzene rings is 3. The van der Waals surface area contributed by atoms with Gasteiger partial charge in [-0.1, -0.05) is 78.9 Å². The van der Waals surface area contributed by atoms with Crippen LogP contribution in [-0.4, -0.2) is 73.0 Å². The molecule has 0 heterocycles. The Morgan fingerprint density at radius 3 is 2.02 bits per heavy atom. The number of amides is 2. The Morgan fingerprint density at radius 1 is 0.881 bits per heavy atom. The topological polar surface area (TPSA) is 117 Å². The van der Waals surface area contributed by atoms with Crippen LogP contribution in [0.1, 0.15) is 42.9 Å². The molecule has 0 radical (unpaired) electrons. The highest BCUT2D eigenvalue weighted by Crippen LogP contribution is 2.44. The monoisotopic (exact) mass is 573 g/mol. The van der Waals surface area contributed by atoms with E-state index in [1.807, 2.05) is 78.7 Å². The van der Waals surface area contributed by atoms with Crippen LogP contribution in [0.15, 0.2) is 78.9 Å². The van der Waals surface area contributed by atoms with Crippen molar-refractivity contribution in [3.05, 3.63) is 95.6 Å². The summed E-state index contributed by atoms with van der Waals surface area (Å²) in [7, 11) is 3.32. The van der Waals surface area contributed by atoms with Crippen molar-refractivity contribution < 1.29 is 29.0 Å². The molecule has 3 N–H and O–H groups in total. The molecule has 0 saturated carbocycles. The first-order chi connectivity index (χ1) is 20.1. The average Bonchev–Trinajstić information content (AvgIpc) is 3.29. The molecular weight excluding hydrogens is 534 g/mol. The maximum Gasteiger partial charge on any atom is 0.407 e. The summed E-state index contributed by atoms with van der Waals surface area (Å²) in [5, 5.41) is 15.1. The summed E-state index contributed by atoms with van der Waals surface area (Å²) >= 11 is 0. The number of nitrogens with one attached hydrogen (secondary N) is 2. The van der Waals surface area contributed by atoms with Crippen LogP contribution in [0.3, 0.4) is 0 Å². The first-order valence-electron chi connectivity index (χ1n) is 14.0. The lowest BCUT2D eigenvalue weighted by molar-refractivity contribution is -0.144. The zero-order valence-electron chi connectivity index (χ0n) is 24.5. The number of carbonyl (C=O) groups is 3. The number of ether oxygens (including phenoxy) is 2. The minimum atomic E-state index is -1.21. The molecule has 3 aromatic rings. The molecule has 0 bridgehead atoms. The van der Waals surface area contributed by atoms with E-state index in [9.17, 15) is 19.5 Å². The summed E-state index contributed by atoms with van der Waals surface area (Å²) in [5.74, 6) is -1.95. The van der Waals surface area contributed by atoms with Crippen LogP contribution < -0.4 is 10.6 Å². The van der Waals surface area contributed by atoms with Crippen LogP contribution in [-0.2, 0) is 25.6 Å². The Kier molecular flexibility index (Phi) is 9.98. The zero-order valence-corrected chi connectivity index (χ0v) is 24.5. The molecule has 0 spiro atoms. The maximum absolute atomic E-state index is 13.4. The summed E-state index contributed by atoms with van der Waals surface area (Å²) < 4.78 is 11.1. The van der Waals surface area contributed by atoms with E-state index in [-0.39, 0.29) is 25.5 Å². The van der Waals surface area contributed by atoms with Crippen LogP contribution >= 0.6 is 0 Å². The van der Waals surface area contributed by atoms with Gasteiger partial charge in [0.2, 0.25) is 5.91 Å². The van der Waals surface area contributed by atoms with Gasteiger partial charge in [0.1, 0.15) is 18.7 Å². The fraction of sp³-hybridized carbons (Fsp3) is 0.364. The number of aliphatic carboxylic acids is 1. The Morgan fingerprint density at radius 2 is 1.45 bits per heavy atom. The molecule has 2 unspecified atom stereocenters. The number of carboxylic acid groups (broad SMARTS) is 1. The van der Waals surface area contributed by atoms with Gasteiger partial charge in [0.05, 0.1) is 5.60 Å². The summed E-state index contributed by atoms with van der Waals surface area (Å²) in [6.07, 6.45) is -0.712. The summed E-state index contributed by atoms with van der Waals surface area (Å²) in [4.78, 5) is 40.4. The van der Waals surface area contributed by atoms with E-state index in [1.165, 1.54) is 7.11 Å². The van der Waals surface area contributed by atoms with Crippen LogP contribution in [0.5, 0.6) is 0 Å². The minimum Gasteiger partial charge on any atom is -0.480 e. The molecule has 3 aromatic carbocycles. The van der Waals surface area contributed by atoms with E-state index in [0.29, 0.717) is 6.54 Å². The normalized spacial score (nSPS) is 14.0. The van der Waals surface area contributed by atoms with E-state index < -0.39 is 35.7 Å². The molecule has 1 aliphatic carbocycles. The van der Waals surface area contributed by atoms with Gasteiger partial charge in [-0.15, -0.1) is 0 Å². The highest BCUT2D eigenvalue weighted by Gasteiger charge is 2.33. The number of hydrogen-bond donors (Lipinski definition) is 3. The number of alkyl carbamates (subject to hydrolysis) is 1. The molecule has 1 aliphatic rings. The highest BCUT2D eigenvalue weighted by atomic mass is 16.5. The van der Waals surface area contributed by atoms with Gasteiger partial charge in [0.25, 0.3) is 0 Å². The number of likely N-dealkylation sites (N-methyl/N-ethyl adjacent to an activating group) is 1. The van der Waals surface area contributed by atoms with E-state index in [2.05, 4.69) is 22.8 Å². The number of nitrogens with zero attached hydrogens (tertiary/aromatic N) is 1. The maximum atomic E-state index is 13.4. The van der Waals surface area contributed by atoms with Gasteiger partial charge in [-0.05, 0) is 48.7 Å². The third kappa shape index (κ3) is 7.74. The Balaban J connectivity index is 1.47. The molecular formula is C33H39N3O6. The molecule has 9 heteroatoms.